The fourth-order valence-electron chi connectivity index (χ4n) is 1.65. The Bertz CT molecular complexity index is 509. The normalized spacial score (nSPS) is 13.6. The van der Waals surface area contributed by atoms with Crippen LogP contribution in [0.1, 0.15) is 25.0 Å². The molecule has 1 aromatic carbocycles. The standard InChI is InChI=1S/C12H15FN2O5/c1-7(16)14-3-2-11(17)12(18)8-4-9(13)6-10(5-8)15(19)20/h4-6,11-12,17-18H,2-3H2,1H3,(H,14,16). The van der Waals surface area contributed by atoms with Crippen LogP contribution in [0.3, 0.4) is 0 Å². The molecule has 0 bridgehead atoms. The Labute approximate surface area is 114 Å². The SMILES string of the molecule is CC(=O)NCCC(O)C(O)c1cc(F)cc([N+](=O)[O-])c1. The van der Waals surface area contributed by atoms with Gasteiger partial charge in [-0.15, -0.1) is 0 Å². The molecule has 0 aromatic heterocycles. The van der Waals surface area contributed by atoms with Crippen molar-refractivity contribution in [2.24, 2.45) is 0 Å². The largest absolute Gasteiger partial charge is 0.390 e. The van der Waals surface area contributed by atoms with Crippen molar-refractivity contribution in [3.63, 3.8) is 0 Å². The lowest BCUT2D eigenvalue weighted by atomic mass is 10.0. The van der Waals surface area contributed by atoms with Gasteiger partial charge in [-0.3, -0.25) is 14.9 Å². The predicted molar refractivity (Wildman–Crippen MR) is 67.3 cm³/mol. The average Bonchev–Trinajstić information content (AvgIpc) is 2.36. The second kappa shape index (κ2) is 6.92. The molecule has 0 spiro atoms. The number of aliphatic hydroxyl groups excluding tert-OH is 2. The summed E-state index contributed by atoms with van der Waals surface area (Å²) < 4.78 is 13.2. The molecule has 0 aliphatic rings. The number of amides is 1. The number of benzene rings is 1. The summed E-state index contributed by atoms with van der Waals surface area (Å²) in [5.41, 5.74) is -0.597. The van der Waals surface area contributed by atoms with Gasteiger partial charge in [0.15, 0.2) is 0 Å². The van der Waals surface area contributed by atoms with Crippen molar-refractivity contribution in [1.29, 1.82) is 0 Å². The van der Waals surface area contributed by atoms with Gasteiger partial charge in [-0.1, -0.05) is 0 Å². The molecule has 1 amide bonds. The van der Waals surface area contributed by atoms with Crippen molar-refractivity contribution < 1.29 is 24.3 Å². The topological polar surface area (TPSA) is 113 Å². The number of hydrogen-bond acceptors (Lipinski definition) is 5. The zero-order valence-electron chi connectivity index (χ0n) is 10.7. The number of halogens is 1. The van der Waals surface area contributed by atoms with E-state index < -0.39 is 28.6 Å². The van der Waals surface area contributed by atoms with Gasteiger partial charge in [0.05, 0.1) is 17.1 Å². The highest BCUT2D eigenvalue weighted by Gasteiger charge is 2.21. The van der Waals surface area contributed by atoms with E-state index in [1.165, 1.54) is 6.92 Å². The molecule has 1 aromatic rings. The molecule has 3 N–H and O–H groups in total. The van der Waals surface area contributed by atoms with Crippen LogP contribution in [0.2, 0.25) is 0 Å². The third-order valence-electron chi connectivity index (χ3n) is 2.64. The summed E-state index contributed by atoms with van der Waals surface area (Å²) in [4.78, 5) is 20.5. The van der Waals surface area contributed by atoms with Crippen LogP contribution in [-0.4, -0.2) is 33.7 Å². The summed E-state index contributed by atoms with van der Waals surface area (Å²) in [5.74, 6) is -1.16. The zero-order valence-corrected chi connectivity index (χ0v) is 10.7. The van der Waals surface area contributed by atoms with E-state index in [1.54, 1.807) is 0 Å². The van der Waals surface area contributed by atoms with E-state index in [0.29, 0.717) is 0 Å². The number of nitro benzene ring substituents is 1. The monoisotopic (exact) mass is 286 g/mol. The van der Waals surface area contributed by atoms with Gasteiger partial charge < -0.3 is 15.5 Å². The molecule has 0 saturated carbocycles. The molecular weight excluding hydrogens is 271 g/mol. The van der Waals surface area contributed by atoms with Crippen molar-refractivity contribution in [3.05, 3.63) is 39.7 Å². The summed E-state index contributed by atoms with van der Waals surface area (Å²) >= 11 is 0. The number of hydrogen-bond donors (Lipinski definition) is 3. The third-order valence-corrected chi connectivity index (χ3v) is 2.64. The molecular formula is C12H15FN2O5. The van der Waals surface area contributed by atoms with Gasteiger partial charge in [-0.2, -0.15) is 0 Å². The molecule has 0 heterocycles. The zero-order chi connectivity index (χ0) is 15.3. The van der Waals surface area contributed by atoms with Gasteiger partial charge in [0, 0.05) is 19.5 Å². The first kappa shape index (κ1) is 16.0. The van der Waals surface area contributed by atoms with Crippen molar-refractivity contribution in [1.82, 2.24) is 5.32 Å². The number of carbonyl (C=O) groups is 1. The number of rotatable bonds is 6. The van der Waals surface area contributed by atoms with Crippen LogP contribution >= 0.6 is 0 Å². The van der Waals surface area contributed by atoms with Crippen molar-refractivity contribution in [2.45, 2.75) is 25.6 Å². The van der Waals surface area contributed by atoms with E-state index in [4.69, 9.17) is 0 Å². The van der Waals surface area contributed by atoms with Crippen LogP contribution in [0.5, 0.6) is 0 Å². The lowest BCUT2D eigenvalue weighted by Gasteiger charge is -2.18. The molecule has 0 aliphatic heterocycles. The van der Waals surface area contributed by atoms with Gasteiger partial charge >= 0.3 is 0 Å². The highest BCUT2D eigenvalue weighted by molar-refractivity contribution is 5.72. The Morgan fingerprint density at radius 1 is 1.45 bits per heavy atom. The van der Waals surface area contributed by atoms with E-state index >= 15 is 0 Å². The number of aliphatic hydroxyl groups is 2. The molecule has 8 heteroatoms. The third kappa shape index (κ3) is 4.56. The molecule has 0 saturated heterocycles. The van der Waals surface area contributed by atoms with Gasteiger partial charge in [-0.05, 0) is 18.1 Å². The average molecular weight is 286 g/mol. The first-order valence-corrected chi connectivity index (χ1v) is 5.86. The summed E-state index contributed by atoms with van der Waals surface area (Å²) in [5, 5.41) is 32.6. The van der Waals surface area contributed by atoms with Crippen molar-refractivity contribution in [2.75, 3.05) is 6.54 Å². The summed E-state index contributed by atoms with van der Waals surface area (Å²) in [6.07, 6.45) is -2.72. The van der Waals surface area contributed by atoms with E-state index in [2.05, 4.69) is 5.32 Å². The second-order valence-corrected chi connectivity index (χ2v) is 4.28. The smallest absolute Gasteiger partial charge is 0.272 e. The lowest BCUT2D eigenvalue weighted by molar-refractivity contribution is -0.385. The van der Waals surface area contributed by atoms with E-state index in [9.17, 15) is 29.5 Å². The molecule has 0 radical (unpaired) electrons. The van der Waals surface area contributed by atoms with Gasteiger partial charge in [0.2, 0.25) is 5.91 Å². The Hall–Kier alpha value is -2.06. The fourth-order valence-corrected chi connectivity index (χ4v) is 1.65. The number of nitrogens with zero attached hydrogens (tertiary/aromatic N) is 1. The molecule has 20 heavy (non-hydrogen) atoms. The maximum atomic E-state index is 13.2. The Morgan fingerprint density at radius 3 is 2.65 bits per heavy atom. The summed E-state index contributed by atoms with van der Waals surface area (Å²) in [6, 6.07) is 2.63. The van der Waals surface area contributed by atoms with E-state index in [0.717, 1.165) is 18.2 Å². The number of nitrogens with one attached hydrogen (secondary N) is 1. The minimum Gasteiger partial charge on any atom is -0.390 e. The Balaban J connectivity index is 2.77. The lowest BCUT2D eigenvalue weighted by Crippen LogP contribution is -2.27. The fraction of sp³-hybridized carbons (Fsp3) is 0.417. The Morgan fingerprint density at radius 2 is 2.10 bits per heavy atom. The van der Waals surface area contributed by atoms with Gasteiger partial charge in [0.1, 0.15) is 11.9 Å². The highest BCUT2D eigenvalue weighted by atomic mass is 19.1. The maximum Gasteiger partial charge on any atom is 0.272 e. The highest BCUT2D eigenvalue weighted by Crippen LogP contribution is 2.24. The quantitative estimate of drug-likeness (QED) is 0.525. The minimum absolute atomic E-state index is 0.0328. The second-order valence-electron chi connectivity index (χ2n) is 4.28. The molecule has 1 rings (SSSR count). The number of carbonyl (C=O) groups excluding carboxylic acids is 1. The van der Waals surface area contributed by atoms with Crippen LogP contribution in [0.4, 0.5) is 10.1 Å². The van der Waals surface area contributed by atoms with Crippen LogP contribution in [0, 0.1) is 15.9 Å². The van der Waals surface area contributed by atoms with E-state index in [-0.39, 0.29) is 24.4 Å². The number of non-ortho nitro benzene ring substituents is 1. The van der Waals surface area contributed by atoms with Crippen molar-refractivity contribution in [3.8, 4) is 0 Å². The first-order valence-electron chi connectivity index (χ1n) is 5.86. The van der Waals surface area contributed by atoms with Crippen LogP contribution in [-0.2, 0) is 4.79 Å². The first-order chi connectivity index (χ1) is 9.31. The Kier molecular flexibility index (Phi) is 5.53. The van der Waals surface area contributed by atoms with Crippen LogP contribution in [0.25, 0.3) is 0 Å². The minimum atomic E-state index is -1.47. The summed E-state index contributed by atoms with van der Waals surface area (Å²) in [6.45, 7) is 1.43. The molecule has 2 atom stereocenters. The molecule has 0 aliphatic carbocycles. The summed E-state index contributed by atoms with van der Waals surface area (Å²) in [7, 11) is 0. The van der Waals surface area contributed by atoms with Crippen LogP contribution in [0.15, 0.2) is 18.2 Å². The molecule has 7 nitrogen and oxygen atoms in total. The van der Waals surface area contributed by atoms with Gasteiger partial charge in [0.25, 0.3) is 5.69 Å². The van der Waals surface area contributed by atoms with Crippen LogP contribution < -0.4 is 5.32 Å². The molecule has 110 valence electrons. The van der Waals surface area contributed by atoms with Crippen molar-refractivity contribution >= 4 is 11.6 Å². The number of nitro groups is 1. The predicted octanol–water partition coefficient (Wildman–Crippen LogP) is 0.654. The van der Waals surface area contributed by atoms with E-state index in [1.807, 2.05) is 0 Å². The molecule has 2 unspecified atom stereocenters. The molecule has 0 fully saturated rings. The van der Waals surface area contributed by atoms with Gasteiger partial charge in [-0.25, -0.2) is 4.39 Å². The maximum absolute atomic E-state index is 13.2.